The van der Waals surface area contributed by atoms with Crippen molar-refractivity contribution in [3.8, 4) is 33.9 Å². The van der Waals surface area contributed by atoms with Gasteiger partial charge >= 0.3 is 0 Å². The van der Waals surface area contributed by atoms with Gasteiger partial charge in [-0.2, -0.15) is 0 Å². The molecule has 0 N–H and O–H groups in total. The van der Waals surface area contributed by atoms with Gasteiger partial charge in [-0.15, -0.1) is 0 Å². The first kappa shape index (κ1) is 32.1. The number of hydrogen-bond donors (Lipinski definition) is 0. The van der Waals surface area contributed by atoms with Crippen molar-refractivity contribution < 1.29 is 0 Å². The van der Waals surface area contributed by atoms with E-state index in [0.717, 1.165) is 33.9 Å². The van der Waals surface area contributed by atoms with E-state index in [1.54, 1.807) is 0 Å². The lowest BCUT2D eigenvalue weighted by Gasteiger charge is -2.45. The monoisotopic (exact) mass is 673 g/mol. The largest absolute Gasteiger partial charge is 0.310 e. The molecule has 0 bridgehead atoms. The first-order valence-corrected chi connectivity index (χ1v) is 18.3. The summed E-state index contributed by atoms with van der Waals surface area (Å²) >= 11 is 0. The summed E-state index contributed by atoms with van der Waals surface area (Å²) in [5, 5.41) is 0. The Labute approximate surface area is 307 Å². The second kappa shape index (κ2) is 11.6. The predicted molar refractivity (Wildman–Crippen MR) is 216 cm³/mol. The van der Waals surface area contributed by atoms with Crippen LogP contribution in [0.4, 0.5) is 17.1 Å². The molecular weight excluding hydrogens is 631 g/mol. The summed E-state index contributed by atoms with van der Waals surface area (Å²) in [6.07, 6.45) is 0. The Morgan fingerprint density at radius 3 is 1.37 bits per heavy atom. The summed E-state index contributed by atoms with van der Waals surface area (Å²) in [4.78, 5) is 12.8. The molecule has 6 aromatic carbocycles. The van der Waals surface area contributed by atoms with Gasteiger partial charge in [0.05, 0.1) is 22.8 Å². The smallest absolute Gasteiger partial charge is 0.160 e. The molecule has 3 heteroatoms. The molecule has 1 aliphatic heterocycles. The lowest BCUT2D eigenvalue weighted by molar-refractivity contribution is 0.521. The van der Waals surface area contributed by atoms with Crippen LogP contribution in [0.15, 0.2) is 152 Å². The number of aromatic nitrogens is 2. The van der Waals surface area contributed by atoms with E-state index in [-0.39, 0.29) is 16.2 Å². The van der Waals surface area contributed by atoms with Crippen molar-refractivity contribution in [2.75, 3.05) is 4.90 Å². The number of rotatable bonds is 4. The maximum atomic E-state index is 5.19. The van der Waals surface area contributed by atoms with Gasteiger partial charge in [0.2, 0.25) is 0 Å². The second-order valence-electron chi connectivity index (χ2n) is 15.9. The Kier molecular flexibility index (Phi) is 7.18. The van der Waals surface area contributed by atoms with Crippen molar-refractivity contribution in [2.24, 2.45) is 0 Å². The molecule has 0 fully saturated rings. The van der Waals surface area contributed by atoms with Gasteiger partial charge in [0.25, 0.3) is 0 Å². The van der Waals surface area contributed by atoms with Gasteiger partial charge in [-0.05, 0) is 69.8 Å². The van der Waals surface area contributed by atoms with E-state index in [0.29, 0.717) is 0 Å². The molecule has 0 unspecified atom stereocenters. The van der Waals surface area contributed by atoms with Gasteiger partial charge in [-0.3, -0.25) is 0 Å². The van der Waals surface area contributed by atoms with Crippen molar-refractivity contribution in [3.63, 3.8) is 0 Å². The maximum Gasteiger partial charge on any atom is 0.160 e. The normalized spacial score (nSPS) is 15.9. The number of nitrogens with zero attached hydrogens (tertiary/aromatic N) is 3. The van der Waals surface area contributed by atoms with Gasteiger partial charge in [-0.1, -0.05) is 157 Å². The Morgan fingerprint density at radius 2 is 0.808 bits per heavy atom. The average molecular weight is 674 g/mol. The first-order chi connectivity index (χ1) is 25.0. The fourth-order valence-electron chi connectivity index (χ4n) is 8.81. The van der Waals surface area contributed by atoms with Crippen LogP contribution in [0.25, 0.3) is 33.9 Å². The molecular formula is C49H43N3. The lowest BCUT2D eigenvalue weighted by atomic mass is 9.59. The predicted octanol–water partition coefficient (Wildman–Crippen LogP) is 12.6. The molecule has 0 amide bonds. The van der Waals surface area contributed by atoms with Crippen molar-refractivity contribution >= 4 is 17.1 Å². The van der Waals surface area contributed by atoms with Gasteiger partial charge in [0.1, 0.15) is 0 Å². The molecule has 1 aliphatic carbocycles. The molecule has 9 rings (SSSR count). The number of para-hydroxylation sites is 2. The summed E-state index contributed by atoms with van der Waals surface area (Å²) in [7, 11) is 0. The molecule has 3 nitrogen and oxygen atoms in total. The topological polar surface area (TPSA) is 29.0 Å². The molecule has 52 heavy (non-hydrogen) atoms. The van der Waals surface area contributed by atoms with E-state index in [4.69, 9.17) is 9.97 Å². The van der Waals surface area contributed by atoms with Crippen LogP contribution < -0.4 is 4.90 Å². The Morgan fingerprint density at radius 1 is 0.365 bits per heavy atom. The minimum absolute atomic E-state index is 0.102. The van der Waals surface area contributed by atoms with Gasteiger partial charge in [0, 0.05) is 38.6 Å². The van der Waals surface area contributed by atoms with E-state index >= 15 is 0 Å². The summed E-state index contributed by atoms with van der Waals surface area (Å²) < 4.78 is 0. The highest BCUT2D eigenvalue weighted by molar-refractivity contribution is 5.86. The zero-order chi connectivity index (χ0) is 35.8. The molecule has 0 saturated heterocycles. The molecule has 1 aromatic heterocycles. The van der Waals surface area contributed by atoms with Crippen molar-refractivity contribution in [2.45, 2.75) is 57.8 Å². The summed E-state index contributed by atoms with van der Waals surface area (Å²) in [5.41, 5.74) is 16.2. The molecule has 254 valence electrons. The van der Waals surface area contributed by atoms with E-state index in [2.05, 4.69) is 186 Å². The van der Waals surface area contributed by atoms with Crippen molar-refractivity contribution in [1.29, 1.82) is 0 Å². The van der Waals surface area contributed by atoms with Crippen LogP contribution in [0.3, 0.4) is 0 Å². The van der Waals surface area contributed by atoms with E-state index in [1.165, 1.54) is 50.4 Å². The minimum atomic E-state index is -0.278. The first-order valence-electron chi connectivity index (χ1n) is 18.3. The molecule has 0 atom stereocenters. The van der Waals surface area contributed by atoms with Gasteiger partial charge in [-0.25, -0.2) is 9.97 Å². The fraction of sp³-hybridized carbons (Fsp3) is 0.184. The lowest BCUT2D eigenvalue weighted by Crippen LogP contribution is -2.37. The van der Waals surface area contributed by atoms with Gasteiger partial charge in [0.15, 0.2) is 5.82 Å². The summed E-state index contributed by atoms with van der Waals surface area (Å²) in [6, 6.07) is 54.8. The molecule has 0 radical (unpaired) electrons. The molecule has 0 saturated carbocycles. The third-order valence-corrected chi connectivity index (χ3v) is 11.7. The van der Waals surface area contributed by atoms with Crippen LogP contribution in [0.5, 0.6) is 0 Å². The highest BCUT2D eigenvalue weighted by Gasteiger charge is 2.43. The maximum absolute atomic E-state index is 5.19. The van der Waals surface area contributed by atoms with Crippen LogP contribution >= 0.6 is 0 Å². The minimum Gasteiger partial charge on any atom is -0.310 e. The highest BCUT2D eigenvalue weighted by Crippen LogP contribution is 2.55. The SMILES string of the molecule is CC1(C)c2ccccc2N(c2ccc3c(c2)C(C)(C)c2cc(-c4nc(-c5ccccc5)cc(-c5ccccc5)n4)ccc2C3(C)C)c2ccccc21. The second-order valence-corrected chi connectivity index (χ2v) is 15.9. The fourth-order valence-corrected chi connectivity index (χ4v) is 8.81. The zero-order valence-corrected chi connectivity index (χ0v) is 30.8. The van der Waals surface area contributed by atoms with Gasteiger partial charge < -0.3 is 4.90 Å². The summed E-state index contributed by atoms with van der Waals surface area (Å²) in [6.45, 7) is 14.2. The molecule has 2 heterocycles. The Balaban J connectivity index is 1.20. The van der Waals surface area contributed by atoms with E-state index in [1.807, 2.05) is 12.1 Å². The van der Waals surface area contributed by atoms with Crippen molar-refractivity contribution in [3.05, 3.63) is 185 Å². The van der Waals surface area contributed by atoms with Crippen LogP contribution in [-0.4, -0.2) is 9.97 Å². The third-order valence-electron chi connectivity index (χ3n) is 11.7. The van der Waals surface area contributed by atoms with Crippen LogP contribution in [0.1, 0.15) is 74.9 Å². The summed E-state index contributed by atoms with van der Waals surface area (Å²) in [5.74, 6) is 0.736. The van der Waals surface area contributed by atoms with Crippen LogP contribution in [0, 0.1) is 0 Å². The number of hydrogen-bond acceptors (Lipinski definition) is 3. The Bertz CT molecular complexity index is 2380. The quantitative estimate of drug-likeness (QED) is 0.186. The molecule has 7 aromatic rings. The Hall–Kier alpha value is -5.80. The van der Waals surface area contributed by atoms with Crippen LogP contribution in [-0.2, 0) is 16.2 Å². The molecule has 2 aliphatic rings. The highest BCUT2D eigenvalue weighted by atomic mass is 15.2. The van der Waals surface area contributed by atoms with E-state index < -0.39 is 0 Å². The van der Waals surface area contributed by atoms with E-state index in [9.17, 15) is 0 Å². The molecule has 0 spiro atoms. The third kappa shape index (κ3) is 4.87. The van der Waals surface area contributed by atoms with Crippen molar-refractivity contribution in [1.82, 2.24) is 9.97 Å². The average Bonchev–Trinajstić information content (AvgIpc) is 3.18. The number of benzene rings is 6. The standard InChI is InChI=1S/C49H43N3/c1-47(2)36-27-25-34(46-50-42(32-17-9-7-10-18-32)31-43(51-46)33-19-11-8-12-20-33)29-40(36)49(5,6)41-30-35(26-28-37(41)47)52-44-23-15-13-21-38(44)48(3,4)39-22-14-16-24-45(39)52/h7-31H,1-6H3. The number of anilines is 3. The zero-order valence-electron chi connectivity index (χ0n) is 30.8. The van der Waals surface area contributed by atoms with Crippen LogP contribution in [0.2, 0.25) is 0 Å². The number of fused-ring (bicyclic) bond motifs is 4.